The van der Waals surface area contributed by atoms with E-state index in [-0.39, 0.29) is 45.2 Å². The summed E-state index contributed by atoms with van der Waals surface area (Å²) < 4.78 is 5.04. The van der Waals surface area contributed by atoms with Crippen LogP contribution in [0.4, 0.5) is 0 Å². The molecule has 1 aliphatic carbocycles. The lowest BCUT2D eigenvalue weighted by atomic mass is 9.73. The average molecular weight is 469 g/mol. The standard InChI is InChI=1S/C22H36Cl3NO3/c1-14(2)18(23)7-9-22(3,25)8-5-6-15-12-16-17(13-19(15)24)21(28)26(20(16)27)10-11-29-4/h14-19H,5-13H2,1-4H3. The molecule has 1 aliphatic heterocycles. The summed E-state index contributed by atoms with van der Waals surface area (Å²) in [6, 6.07) is 0. The van der Waals surface area contributed by atoms with Crippen molar-refractivity contribution in [3.05, 3.63) is 0 Å². The van der Waals surface area contributed by atoms with Crippen molar-refractivity contribution in [2.45, 2.75) is 81.3 Å². The molecule has 4 nitrogen and oxygen atoms in total. The summed E-state index contributed by atoms with van der Waals surface area (Å²) in [7, 11) is 1.57. The Balaban J connectivity index is 1.84. The quantitative estimate of drug-likeness (QED) is 0.299. The minimum Gasteiger partial charge on any atom is -0.383 e. The molecule has 0 N–H and O–H groups in total. The SMILES string of the molecule is COCCN1C(=O)C2CC(Cl)C(CCCC(C)(Cl)CCC(Cl)C(C)C)CC2C1=O. The van der Waals surface area contributed by atoms with Gasteiger partial charge >= 0.3 is 0 Å². The van der Waals surface area contributed by atoms with E-state index < -0.39 is 0 Å². The van der Waals surface area contributed by atoms with Crippen molar-refractivity contribution in [1.82, 2.24) is 4.90 Å². The Morgan fingerprint density at radius 3 is 2.38 bits per heavy atom. The predicted molar refractivity (Wildman–Crippen MR) is 120 cm³/mol. The molecule has 2 aliphatic rings. The van der Waals surface area contributed by atoms with Crippen LogP contribution in [0.15, 0.2) is 0 Å². The van der Waals surface area contributed by atoms with Gasteiger partial charge < -0.3 is 4.74 Å². The number of amides is 2. The van der Waals surface area contributed by atoms with Gasteiger partial charge in [-0.15, -0.1) is 34.8 Å². The van der Waals surface area contributed by atoms with Crippen LogP contribution in [0.2, 0.25) is 0 Å². The second kappa shape index (κ2) is 11.0. The first-order valence-corrected chi connectivity index (χ1v) is 12.1. The topological polar surface area (TPSA) is 46.6 Å². The zero-order valence-corrected chi connectivity index (χ0v) is 20.4. The molecule has 6 atom stereocenters. The molecule has 1 saturated carbocycles. The molecule has 29 heavy (non-hydrogen) atoms. The van der Waals surface area contributed by atoms with Crippen molar-refractivity contribution >= 4 is 46.6 Å². The number of rotatable bonds is 11. The Labute approximate surface area is 190 Å². The number of fused-ring (bicyclic) bond motifs is 1. The zero-order valence-electron chi connectivity index (χ0n) is 18.1. The molecule has 168 valence electrons. The number of alkyl halides is 3. The van der Waals surface area contributed by atoms with E-state index in [9.17, 15) is 9.59 Å². The van der Waals surface area contributed by atoms with Gasteiger partial charge in [0.2, 0.25) is 11.8 Å². The van der Waals surface area contributed by atoms with E-state index in [1.807, 2.05) is 0 Å². The van der Waals surface area contributed by atoms with Crippen LogP contribution in [0.3, 0.4) is 0 Å². The largest absolute Gasteiger partial charge is 0.383 e. The number of carbonyl (C=O) groups excluding carboxylic acids is 2. The summed E-state index contributed by atoms with van der Waals surface area (Å²) >= 11 is 19.7. The van der Waals surface area contributed by atoms with Crippen LogP contribution < -0.4 is 0 Å². The molecular weight excluding hydrogens is 433 g/mol. The Morgan fingerprint density at radius 2 is 1.79 bits per heavy atom. The van der Waals surface area contributed by atoms with Crippen LogP contribution in [0, 0.1) is 23.7 Å². The summed E-state index contributed by atoms with van der Waals surface area (Å²) in [5.74, 6) is 0.107. The third kappa shape index (κ3) is 6.72. The fourth-order valence-electron chi connectivity index (χ4n) is 4.62. The van der Waals surface area contributed by atoms with Crippen molar-refractivity contribution < 1.29 is 14.3 Å². The van der Waals surface area contributed by atoms with E-state index in [0.29, 0.717) is 31.9 Å². The highest BCUT2D eigenvalue weighted by Crippen LogP contribution is 2.44. The number of hydrogen-bond donors (Lipinski definition) is 0. The number of halogens is 3. The van der Waals surface area contributed by atoms with Gasteiger partial charge in [0.1, 0.15) is 0 Å². The van der Waals surface area contributed by atoms with Crippen molar-refractivity contribution in [1.29, 1.82) is 0 Å². The number of imide groups is 1. The maximum Gasteiger partial charge on any atom is 0.233 e. The smallest absolute Gasteiger partial charge is 0.233 e. The fraction of sp³-hybridized carbons (Fsp3) is 0.909. The molecule has 1 saturated heterocycles. The Morgan fingerprint density at radius 1 is 1.17 bits per heavy atom. The number of likely N-dealkylation sites (tertiary alicyclic amines) is 1. The van der Waals surface area contributed by atoms with Crippen LogP contribution >= 0.6 is 34.8 Å². The van der Waals surface area contributed by atoms with E-state index >= 15 is 0 Å². The lowest BCUT2D eigenvalue weighted by Crippen LogP contribution is -2.34. The van der Waals surface area contributed by atoms with Crippen LogP contribution in [0.25, 0.3) is 0 Å². The highest BCUT2D eigenvalue weighted by Gasteiger charge is 2.51. The summed E-state index contributed by atoms with van der Waals surface area (Å²) in [6.45, 7) is 7.05. The number of hydrogen-bond acceptors (Lipinski definition) is 3. The first-order chi connectivity index (χ1) is 13.6. The van der Waals surface area contributed by atoms with Crippen molar-refractivity contribution in [3.8, 4) is 0 Å². The molecule has 0 bridgehead atoms. The van der Waals surface area contributed by atoms with Gasteiger partial charge in [0, 0.05) is 22.7 Å². The van der Waals surface area contributed by atoms with Crippen LogP contribution in [0.5, 0.6) is 0 Å². The third-order valence-corrected chi connectivity index (χ3v) is 8.29. The molecule has 0 aromatic rings. The zero-order chi connectivity index (χ0) is 21.8. The molecule has 2 fully saturated rings. The Bertz CT molecular complexity index is 570. The number of nitrogens with zero attached hydrogens (tertiary/aromatic N) is 1. The van der Waals surface area contributed by atoms with Crippen molar-refractivity contribution in [2.24, 2.45) is 23.7 Å². The summed E-state index contributed by atoms with van der Waals surface area (Å²) in [4.78, 5) is 26.4. The van der Waals surface area contributed by atoms with Gasteiger partial charge in [0.25, 0.3) is 0 Å². The van der Waals surface area contributed by atoms with Gasteiger partial charge in [-0.25, -0.2) is 0 Å². The first-order valence-electron chi connectivity index (χ1n) is 10.9. The molecule has 1 heterocycles. The van der Waals surface area contributed by atoms with E-state index in [4.69, 9.17) is 39.5 Å². The average Bonchev–Trinajstić information content (AvgIpc) is 2.88. The molecule has 0 aromatic heterocycles. The molecular formula is C22H36Cl3NO3. The van der Waals surface area contributed by atoms with Gasteiger partial charge in [-0.2, -0.15) is 0 Å². The van der Waals surface area contributed by atoms with Gasteiger partial charge in [0.15, 0.2) is 0 Å². The normalized spacial score (nSPS) is 30.6. The minimum atomic E-state index is -0.267. The van der Waals surface area contributed by atoms with E-state index in [2.05, 4.69) is 20.8 Å². The summed E-state index contributed by atoms with van der Waals surface area (Å²) in [6.07, 6.45) is 5.90. The predicted octanol–water partition coefficient (Wildman–Crippen LogP) is 5.46. The highest BCUT2D eigenvalue weighted by atomic mass is 35.5. The number of carbonyl (C=O) groups is 2. The van der Waals surface area contributed by atoms with Crippen LogP contribution in [-0.4, -0.2) is 52.6 Å². The second-order valence-electron chi connectivity index (χ2n) is 9.39. The Kier molecular flexibility index (Phi) is 9.59. The van der Waals surface area contributed by atoms with Gasteiger partial charge in [0.05, 0.1) is 25.0 Å². The molecule has 2 rings (SSSR count). The van der Waals surface area contributed by atoms with Crippen molar-refractivity contribution in [3.63, 3.8) is 0 Å². The van der Waals surface area contributed by atoms with Gasteiger partial charge in [-0.05, 0) is 57.3 Å². The highest BCUT2D eigenvalue weighted by molar-refractivity contribution is 6.24. The lowest BCUT2D eigenvalue weighted by Gasteiger charge is -2.33. The molecule has 2 amide bonds. The summed E-state index contributed by atoms with van der Waals surface area (Å²) in [5, 5.41) is 0.0904. The molecule has 0 aromatic carbocycles. The Hall–Kier alpha value is -0.0300. The monoisotopic (exact) mass is 467 g/mol. The lowest BCUT2D eigenvalue weighted by molar-refractivity contribution is -0.140. The molecule has 7 heteroatoms. The van der Waals surface area contributed by atoms with E-state index in [0.717, 1.165) is 32.1 Å². The molecule has 6 unspecified atom stereocenters. The van der Waals surface area contributed by atoms with E-state index in [1.165, 1.54) is 4.90 Å². The second-order valence-corrected chi connectivity index (χ2v) is 11.4. The number of ether oxygens (including phenoxy) is 1. The molecule has 0 spiro atoms. The minimum absolute atomic E-state index is 0.0466. The van der Waals surface area contributed by atoms with Gasteiger partial charge in [-0.1, -0.05) is 20.3 Å². The first kappa shape index (κ1) is 25.2. The fourth-order valence-corrected chi connectivity index (χ4v) is 5.40. The van der Waals surface area contributed by atoms with E-state index in [1.54, 1.807) is 7.11 Å². The summed E-state index contributed by atoms with van der Waals surface area (Å²) in [5.41, 5.74) is 0. The number of methoxy groups -OCH3 is 1. The maximum absolute atomic E-state index is 12.7. The molecule has 0 radical (unpaired) electrons. The van der Waals surface area contributed by atoms with Gasteiger partial charge in [-0.3, -0.25) is 14.5 Å². The van der Waals surface area contributed by atoms with Crippen LogP contribution in [-0.2, 0) is 14.3 Å². The van der Waals surface area contributed by atoms with Crippen molar-refractivity contribution in [2.75, 3.05) is 20.3 Å². The third-order valence-electron chi connectivity index (χ3n) is 6.66. The maximum atomic E-state index is 12.7. The van der Waals surface area contributed by atoms with Crippen LogP contribution in [0.1, 0.15) is 65.7 Å².